The lowest BCUT2D eigenvalue weighted by Gasteiger charge is -2.07. The van der Waals surface area contributed by atoms with Crippen LogP contribution in [0.3, 0.4) is 0 Å². The molecule has 0 amide bonds. The van der Waals surface area contributed by atoms with Crippen LogP contribution in [0, 0.1) is 13.8 Å². The Bertz CT molecular complexity index is 596. The lowest BCUT2D eigenvalue weighted by atomic mass is 9.98. The van der Waals surface area contributed by atoms with Crippen LogP contribution in [0.2, 0.25) is 0 Å². The number of rotatable bonds is 2. The fraction of sp³-hybridized carbons (Fsp3) is 0.400. The Morgan fingerprint density at radius 1 is 1.28 bits per heavy atom. The van der Waals surface area contributed by atoms with Crippen molar-refractivity contribution in [2.75, 3.05) is 0 Å². The van der Waals surface area contributed by atoms with Gasteiger partial charge in [-0.2, -0.15) is 5.10 Å². The van der Waals surface area contributed by atoms with E-state index < -0.39 is 0 Å². The Balaban J connectivity index is 2.18. The van der Waals surface area contributed by atoms with E-state index in [1.807, 2.05) is 0 Å². The zero-order valence-corrected chi connectivity index (χ0v) is 11.0. The highest BCUT2D eigenvalue weighted by molar-refractivity contribution is 5.70. The summed E-state index contributed by atoms with van der Waals surface area (Å²) in [5.74, 6) is 0. The van der Waals surface area contributed by atoms with Gasteiger partial charge in [0.15, 0.2) is 0 Å². The van der Waals surface area contributed by atoms with Gasteiger partial charge in [0.1, 0.15) is 0 Å². The van der Waals surface area contributed by atoms with Crippen LogP contribution in [-0.4, -0.2) is 9.78 Å². The molecule has 0 atom stereocenters. The van der Waals surface area contributed by atoms with E-state index in [2.05, 4.69) is 41.8 Å². The van der Waals surface area contributed by atoms with E-state index in [1.165, 1.54) is 34.4 Å². The van der Waals surface area contributed by atoms with Crippen LogP contribution in [-0.2, 0) is 19.5 Å². The van der Waals surface area contributed by atoms with Gasteiger partial charge in [0.25, 0.3) is 0 Å². The molecule has 0 fully saturated rings. The van der Waals surface area contributed by atoms with Crippen molar-refractivity contribution in [3.63, 3.8) is 0 Å². The van der Waals surface area contributed by atoms with Gasteiger partial charge < -0.3 is 5.73 Å². The number of nitrogens with zero attached hydrogens (tertiary/aromatic N) is 2. The summed E-state index contributed by atoms with van der Waals surface area (Å²) in [5.41, 5.74) is 13.4. The highest BCUT2D eigenvalue weighted by Gasteiger charge is 2.21. The molecule has 0 unspecified atom stereocenters. The maximum absolute atomic E-state index is 5.84. The lowest BCUT2D eigenvalue weighted by Crippen LogP contribution is -2.01. The number of aryl methyl sites for hydroxylation is 3. The first kappa shape index (κ1) is 11.5. The molecule has 94 valence electrons. The average molecular weight is 241 g/mol. The fourth-order valence-electron chi connectivity index (χ4n) is 2.76. The summed E-state index contributed by atoms with van der Waals surface area (Å²) >= 11 is 0. The van der Waals surface area contributed by atoms with E-state index in [0.717, 1.165) is 18.7 Å². The summed E-state index contributed by atoms with van der Waals surface area (Å²) in [5, 5.41) is 4.63. The van der Waals surface area contributed by atoms with E-state index in [-0.39, 0.29) is 0 Å². The first-order valence-electron chi connectivity index (χ1n) is 6.57. The number of aromatic nitrogens is 2. The summed E-state index contributed by atoms with van der Waals surface area (Å²) in [7, 11) is 0. The van der Waals surface area contributed by atoms with E-state index in [1.54, 1.807) is 0 Å². The summed E-state index contributed by atoms with van der Waals surface area (Å²) in [4.78, 5) is 0. The standard InChI is InChI=1S/C15H19N3/c1-10-5-6-12(8-11(10)2)15-13(9-16)17-18-7-3-4-14(15)18/h5-6,8H,3-4,7,9,16H2,1-2H3. The van der Waals surface area contributed by atoms with E-state index >= 15 is 0 Å². The van der Waals surface area contributed by atoms with Crippen LogP contribution in [0.25, 0.3) is 11.1 Å². The predicted molar refractivity (Wildman–Crippen MR) is 73.3 cm³/mol. The number of nitrogens with two attached hydrogens (primary N) is 1. The third kappa shape index (κ3) is 1.66. The third-order valence-electron chi connectivity index (χ3n) is 3.90. The van der Waals surface area contributed by atoms with Gasteiger partial charge in [-0.05, 0) is 43.4 Å². The second-order valence-corrected chi connectivity index (χ2v) is 5.10. The first-order valence-corrected chi connectivity index (χ1v) is 6.57. The van der Waals surface area contributed by atoms with Gasteiger partial charge in [0.05, 0.1) is 5.69 Å². The quantitative estimate of drug-likeness (QED) is 0.878. The summed E-state index contributed by atoms with van der Waals surface area (Å²) in [6.45, 7) is 5.85. The molecule has 1 aromatic carbocycles. The molecular formula is C15H19N3. The highest BCUT2D eigenvalue weighted by atomic mass is 15.3. The van der Waals surface area contributed by atoms with Crippen molar-refractivity contribution in [2.45, 2.75) is 39.8 Å². The average Bonchev–Trinajstić information content (AvgIpc) is 2.92. The number of hydrogen-bond donors (Lipinski definition) is 1. The van der Waals surface area contributed by atoms with Crippen molar-refractivity contribution in [2.24, 2.45) is 5.73 Å². The number of hydrogen-bond acceptors (Lipinski definition) is 2. The smallest absolute Gasteiger partial charge is 0.0841 e. The predicted octanol–water partition coefficient (Wildman–Crippen LogP) is 2.57. The topological polar surface area (TPSA) is 43.8 Å². The van der Waals surface area contributed by atoms with Crippen LogP contribution < -0.4 is 5.73 Å². The highest BCUT2D eigenvalue weighted by Crippen LogP contribution is 2.32. The van der Waals surface area contributed by atoms with Gasteiger partial charge in [-0.1, -0.05) is 18.2 Å². The molecule has 1 aliphatic heterocycles. The molecule has 0 radical (unpaired) electrons. The molecular weight excluding hydrogens is 222 g/mol. The fourth-order valence-corrected chi connectivity index (χ4v) is 2.76. The zero-order chi connectivity index (χ0) is 12.7. The lowest BCUT2D eigenvalue weighted by molar-refractivity contribution is 0.644. The molecule has 0 bridgehead atoms. The normalized spacial score (nSPS) is 13.9. The largest absolute Gasteiger partial charge is 0.325 e. The van der Waals surface area contributed by atoms with Gasteiger partial charge in [-0.25, -0.2) is 0 Å². The Morgan fingerprint density at radius 2 is 2.11 bits per heavy atom. The minimum atomic E-state index is 0.516. The van der Waals surface area contributed by atoms with Gasteiger partial charge in [-0.3, -0.25) is 4.68 Å². The van der Waals surface area contributed by atoms with Crippen molar-refractivity contribution in [3.8, 4) is 11.1 Å². The second kappa shape index (κ2) is 4.25. The van der Waals surface area contributed by atoms with Crippen LogP contribution in [0.4, 0.5) is 0 Å². The molecule has 0 aliphatic carbocycles. The molecule has 3 heteroatoms. The van der Waals surface area contributed by atoms with Gasteiger partial charge in [-0.15, -0.1) is 0 Å². The second-order valence-electron chi connectivity index (χ2n) is 5.10. The maximum Gasteiger partial charge on any atom is 0.0841 e. The SMILES string of the molecule is Cc1ccc(-c2c(CN)nn3c2CCC3)cc1C. The Kier molecular flexibility index (Phi) is 2.71. The Morgan fingerprint density at radius 3 is 2.83 bits per heavy atom. The molecule has 0 spiro atoms. The van der Waals surface area contributed by atoms with E-state index in [4.69, 9.17) is 5.73 Å². The minimum absolute atomic E-state index is 0.516. The van der Waals surface area contributed by atoms with Crippen LogP contribution in [0.5, 0.6) is 0 Å². The molecule has 18 heavy (non-hydrogen) atoms. The molecule has 2 heterocycles. The van der Waals surface area contributed by atoms with Crippen molar-refractivity contribution in [3.05, 3.63) is 40.7 Å². The zero-order valence-electron chi connectivity index (χ0n) is 11.0. The molecule has 2 aromatic rings. The van der Waals surface area contributed by atoms with Crippen molar-refractivity contribution in [1.82, 2.24) is 9.78 Å². The summed E-state index contributed by atoms with van der Waals surface area (Å²) < 4.78 is 2.13. The van der Waals surface area contributed by atoms with Gasteiger partial charge in [0.2, 0.25) is 0 Å². The molecule has 1 aromatic heterocycles. The van der Waals surface area contributed by atoms with E-state index in [9.17, 15) is 0 Å². The molecule has 2 N–H and O–H groups in total. The third-order valence-corrected chi connectivity index (χ3v) is 3.90. The minimum Gasteiger partial charge on any atom is -0.325 e. The van der Waals surface area contributed by atoms with Crippen LogP contribution in [0.15, 0.2) is 18.2 Å². The Hall–Kier alpha value is -1.61. The maximum atomic E-state index is 5.84. The van der Waals surface area contributed by atoms with Crippen LogP contribution >= 0.6 is 0 Å². The van der Waals surface area contributed by atoms with Gasteiger partial charge in [0, 0.05) is 24.3 Å². The van der Waals surface area contributed by atoms with Crippen molar-refractivity contribution >= 4 is 0 Å². The molecule has 3 rings (SSSR count). The number of fused-ring (bicyclic) bond motifs is 1. The Labute approximate surface area is 108 Å². The molecule has 1 aliphatic rings. The number of benzene rings is 1. The summed E-state index contributed by atoms with van der Waals surface area (Å²) in [6.07, 6.45) is 2.32. The molecule has 3 nitrogen and oxygen atoms in total. The van der Waals surface area contributed by atoms with Gasteiger partial charge >= 0.3 is 0 Å². The molecule has 0 saturated heterocycles. The van der Waals surface area contributed by atoms with E-state index in [0.29, 0.717) is 6.54 Å². The first-order chi connectivity index (χ1) is 8.70. The van der Waals surface area contributed by atoms with Crippen molar-refractivity contribution < 1.29 is 0 Å². The summed E-state index contributed by atoms with van der Waals surface area (Å²) in [6, 6.07) is 6.63. The van der Waals surface area contributed by atoms with Crippen LogP contribution in [0.1, 0.15) is 28.9 Å². The molecule has 0 saturated carbocycles. The van der Waals surface area contributed by atoms with Crippen molar-refractivity contribution in [1.29, 1.82) is 0 Å². The monoisotopic (exact) mass is 241 g/mol.